The van der Waals surface area contributed by atoms with Crippen molar-refractivity contribution in [3.05, 3.63) is 0 Å². The van der Waals surface area contributed by atoms with Gasteiger partial charge in [0.05, 0.1) is 6.42 Å². The Morgan fingerprint density at radius 3 is 2.72 bits per heavy atom. The third-order valence-corrected chi connectivity index (χ3v) is 4.76. The largest absolute Gasteiger partial charge is 0.481 e. The van der Waals surface area contributed by atoms with Crippen LogP contribution >= 0.6 is 0 Å². The highest BCUT2D eigenvalue weighted by Gasteiger charge is 2.24. The standard InChI is InChI=1S/C10H21N3O4S/c1-12-6-3-4-9(12)8-11-18(16,17)13(2)7-5-10(14)15/h9,11H,3-8H2,1-2H3,(H,14,15). The normalized spacial score (nSPS) is 21.6. The molecule has 0 radical (unpaired) electrons. The smallest absolute Gasteiger partial charge is 0.304 e. The predicted molar refractivity (Wildman–Crippen MR) is 67.5 cm³/mol. The molecule has 1 aliphatic heterocycles. The zero-order chi connectivity index (χ0) is 13.8. The highest BCUT2D eigenvalue weighted by molar-refractivity contribution is 7.87. The Morgan fingerprint density at radius 1 is 1.56 bits per heavy atom. The Hall–Kier alpha value is -0.700. The van der Waals surface area contributed by atoms with Crippen LogP contribution in [0.5, 0.6) is 0 Å². The van der Waals surface area contributed by atoms with Crippen LogP contribution in [-0.2, 0) is 15.0 Å². The van der Waals surface area contributed by atoms with E-state index in [1.54, 1.807) is 0 Å². The summed E-state index contributed by atoms with van der Waals surface area (Å²) >= 11 is 0. The van der Waals surface area contributed by atoms with Gasteiger partial charge in [-0.05, 0) is 26.4 Å². The molecule has 0 spiro atoms. The van der Waals surface area contributed by atoms with E-state index in [2.05, 4.69) is 9.62 Å². The molecular formula is C10H21N3O4S. The highest BCUT2D eigenvalue weighted by Crippen LogP contribution is 2.13. The molecule has 0 aliphatic carbocycles. The van der Waals surface area contributed by atoms with Gasteiger partial charge in [0.15, 0.2) is 0 Å². The maximum atomic E-state index is 11.8. The minimum Gasteiger partial charge on any atom is -0.481 e. The van der Waals surface area contributed by atoms with Gasteiger partial charge in [-0.2, -0.15) is 12.7 Å². The Balaban J connectivity index is 2.41. The first-order valence-corrected chi connectivity index (χ1v) is 7.40. The first-order chi connectivity index (χ1) is 8.33. The Kier molecular flexibility index (Phi) is 5.51. The van der Waals surface area contributed by atoms with Gasteiger partial charge >= 0.3 is 5.97 Å². The van der Waals surface area contributed by atoms with Gasteiger partial charge in [-0.15, -0.1) is 0 Å². The summed E-state index contributed by atoms with van der Waals surface area (Å²) in [7, 11) is -0.223. The predicted octanol–water partition coefficient (Wildman–Crippen LogP) is -0.678. The number of nitrogens with one attached hydrogen (secondary N) is 1. The average molecular weight is 279 g/mol. The lowest BCUT2D eigenvalue weighted by molar-refractivity contribution is -0.137. The van der Waals surface area contributed by atoms with E-state index >= 15 is 0 Å². The number of aliphatic carboxylic acids is 1. The van der Waals surface area contributed by atoms with Crippen molar-refractivity contribution in [1.82, 2.24) is 13.9 Å². The summed E-state index contributed by atoms with van der Waals surface area (Å²) in [6, 6.07) is 0.229. The maximum Gasteiger partial charge on any atom is 0.304 e. The molecule has 1 unspecified atom stereocenters. The first-order valence-electron chi connectivity index (χ1n) is 5.96. The molecule has 0 saturated carbocycles. The molecule has 1 heterocycles. The molecule has 18 heavy (non-hydrogen) atoms. The van der Waals surface area contributed by atoms with E-state index in [9.17, 15) is 13.2 Å². The maximum absolute atomic E-state index is 11.8. The molecule has 0 amide bonds. The van der Waals surface area contributed by atoms with Crippen LogP contribution in [0, 0.1) is 0 Å². The van der Waals surface area contributed by atoms with E-state index in [0.29, 0.717) is 6.54 Å². The van der Waals surface area contributed by atoms with Gasteiger partial charge in [-0.1, -0.05) is 0 Å². The summed E-state index contributed by atoms with van der Waals surface area (Å²) < 4.78 is 27.2. The zero-order valence-electron chi connectivity index (χ0n) is 10.8. The SMILES string of the molecule is CN1CCCC1CNS(=O)(=O)N(C)CCC(=O)O. The second-order valence-corrected chi connectivity index (χ2v) is 6.46. The fourth-order valence-electron chi connectivity index (χ4n) is 1.92. The molecule has 2 N–H and O–H groups in total. The summed E-state index contributed by atoms with van der Waals surface area (Å²) in [5.41, 5.74) is 0. The third-order valence-electron chi connectivity index (χ3n) is 3.22. The van der Waals surface area contributed by atoms with Crippen molar-refractivity contribution in [3.8, 4) is 0 Å². The Morgan fingerprint density at radius 2 is 2.22 bits per heavy atom. The summed E-state index contributed by atoms with van der Waals surface area (Å²) in [6.07, 6.45) is 1.87. The molecule has 0 aromatic heterocycles. The highest BCUT2D eigenvalue weighted by atomic mass is 32.2. The van der Waals surface area contributed by atoms with Crippen LogP contribution in [0.15, 0.2) is 0 Å². The van der Waals surface area contributed by atoms with Crippen LogP contribution in [-0.4, -0.2) is 68.5 Å². The molecule has 7 nitrogen and oxygen atoms in total. The molecule has 1 saturated heterocycles. The van der Waals surface area contributed by atoms with Crippen LogP contribution < -0.4 is 4.72 Å². The zero-order valence-corrected chi connectivity index (χ0v) is 11.6. The summed E-state index contributed by atoms with van der Waals surface area (Å²) in [5, 5.41) is 8.52. The number of carboxylic acid groups (broad SMARTS) is 1. The first kappa shape index (κ1) is 15.4. The molecular weight excluding hydrogens is 258 g/mol. The van der Waals surface area contributed by atoms with Crippen molar-refractivity contribution < 1.29 is 18.3 Å². The second-order valence-electron chi connectivity index (χ2n) is 4.60. The minimum atomic E-state index is -3.57. The topological polar surface area (TPSA) is 90.0 Å². The monoisotopic (exact) mass is 279 g/mol. The molecule has 1 fully saturated rings. The Labute approximate surface area is 108 Å². The quantitative estimate of drug-likeness (QED) is 0.644. The van der Waals surface area contributed by atoms with Crippen molar-refractivity contribution in [1.29, 1.82) is 0 Å². The second kappa shape index (κ2) is 6.46. The number of likely N-dealkylation sites (tertiary alicyclic amines) is 1. The summed E-state index contributed by atoms with van der Waals surface area (Å²) in [4.78, 5) is 12.5. The molecule has 1 rings (SSSR count). The fourth-order valence-corrected chi connectivity index (χ4v) is 2.88. The molecule has 8 heteroatoms. The van der Waals surface area contributed by atoms with Gasteiger partial charge < -0.3 is 10.0 Å². The van der Waals surface area contributed by atoms with E-state index in [4.69, 9.17) is 5.11 Å². The van der Waals surface area contributed by atoms with Gasteiger partial charge in [-0.3, -0.25) is 4.79 Å². The van der Waals surface area contributed by atoms with Gasteiger partial charge in [0, 0.05) is 26.2 Å². The number of carboxylic acids is 1. The van der Waals surface area contributed by atoms with Crippen LogP contribution in [0.3, 0.4) is 0 Å². The molecule has 0 bridgehead atoms. The van der Waals surface area contributed by atoms with E-state index in [1.165, 1.54) is 7.05 Å². The number of rotatable bonds is 7. The van der Waals surface area contributed by atoms with E-state index in [1.807, 2.05) is 7.05 Å². The van der Waals surface area contributed by atoms with Crippen molar-refractivity contribution in [2.45, 2.75) is 25.3 Å². The van der Waals surface area contributed by atoms with Crippen LogP contribution in [0.4, 0.5) is 0 Å². The molecule has 0 aromatic rings. The summed E-state index contributed by atoms with van der Waals surface area (Å²) in [5.74, 6) is -1.01. The lowest BCUT2D eigenvalue weighted by Crippen LogP contribution is -2.44. The number of hydrogen-bond acceptors (Lipinski definition) is 4. The number of hydrogen-bond donors (Lipinski definition) is 2. The van der Waals surface area contributed by atoms with Gasteiger partial charge in [0.1, 0.15) is 0 Å². The van der Waals surface area contributed by atoms with E-state index < -0.39 is 16.2 Å². The fraction of sp³-hybridized carbons (Fsp3) is 0.900. The third kappa shape index (κ3) is 4.52. The van der Waals surface area contributed by atoms with Crippen LogP contribution in [0.1, 0.15) is 19.3 Å². The number of nitrogens with zero attached hydrogens (tertiary/aromatic N) is 2. The average Bonchev–Trinajstić information content (AvgIpc) is 2.69. The van der Waals surface area contributed by atoms with Crippen LogP contribution in [0.2, 0.25) is 0 Å². The molecule has 0 aromatic carbocycles. The number of likely N-dealkylation sites (N-methyl/N-ethyl adjacent to an activating group) is 1. The molecule has 1 aliphatic rings. The van der Waals surface area contributed by atoms with Gasteiger partial charge in [0.2, 0.25) is 0 Å². The molecule has 106 valence electrons. The lowest BCUT2D eigenvalue weighted by Gasteiger charge is -2.22. The lowest BCUT2D eigenvalue weighted by atomic mass is 10.2. The Bertz CT molecular complexity index is 385. The van der Waals surface area contributed by atoms with Crippen LogP contribution in [0.25, 0.3) is 0 Å². The van der Waals surface area contributed by atoms with Crippen molar-refractivity contribution in [2.75, 3.05) is 33.7 Å². The van der Waals surface area contributed by atoms with E-state index in [-0.39, 0.29) is 19.0 Å². The van der Waals surface area contributed by atoms with Crippen molar-refractivity contribution >= 4 is 16.2 Å². The van der Waals surface area contributed by atoms with Crippen molar-refractivity contribution in [3.63, 3.8) is 0 Å². The molecule has 1 atom stereocenters. The van der Waals surface area contributed by atoms with E-state index in [0.717, 1.165) is 23.7 Å². The van der Waals surface area contributed by atoms with Crippen molar-refractivity contribution in [2.24, 2.45) is 0 Å². The van der Waals surface area contributed by atoms with Gasteiger partial charge in [-0.25, -0.2) is 4.72 Å². The number of carbonyl (C=O) groups is 1. The minimum absolute atomic E-state index is 0.0226. The summed E-state index contributed by atoms with van der Waals surface area (Å²) in [6.45, 7) is 1.34. The van der Waals surface area contributed by atoms with Gasteiger partial charge in [0.25, 0.3) is 10.2 Å².